The van der Waals surface area contributed by atoms with E-state index in [1.807, 2.05) is 71.9 Å². The molecule has 0 bridgehead atoms. The summed E-state index contributed by atoms with van der Waals surface area (Å²) in [7, 11) is 0. The highest BCUT2D eigenvalue weighted by molar-refractivity contribution is 5.37. The van der Waals surface area contributed by atoms with E-state index in [-0.39, 0.29) is 0 Å². The first-order valence-corrected chi connectivity index (χ1v) is 23.9. The van der Waals surface area contributed by atoms with Gasteiger partial charge in [0.05, 0.1) is 0 Å². The van der Waals surface area contributed by atoms with Gasteiger partial charge in [-0.1, -0.05) is 176 Å². The largest absolute Gasteiger partial charge is 0.381 e. The second-order valence-electron chi connectivity index (χ2n) is 16.2. The third-order valence-corrected chi connectivity index (χ3v) is 10.7. The summed E-state index contributed by atoms with van der Waals surface area (Å²) in [6, 6.07) is 4.59. The average Bonchev–Trinajstić information content (AvgIpc) is 3.68. The Morgan fingerprint density at radius 2 is 1.38 bits per heavy atom. The number of benzene rings is 1. The Bertz CT molecular complexity index is 1320. The fourth-order valence-electron chi connectivity index (χ4n) is 5.96. The lowest BCUT2D eigenvalue weighted by atomic mass is 9.87. The first kappa shape index (κ1) is 61.6. The SMILES string of the molecule is C/C=C\C=C(/C)CC.C=C/C(=C\C=C/C)NCc1cc(C)c(CC)cc1C.CC.CC.CC(C)C1=CCCC(C(C)C)CC1.CCC(C)C.CCC1CC=C=CCC1. The van der Waals surface area contributed by atoms with Crippen LogP contribution in [0.2, 0.25) is 0 Å². The summed E-state index contributed by atoms with van der Waals surface area (Å²) in [6.45, 7) is 45.9. The molecule has 0 spiro atoms. The third kappa shape index (κ3) is 35.0. The molecule has 0 radical (unpaired) electrons. The molecule has 0 saturated carbocycles. The molecule has 0 aromatic heterocycles. The van der Waals surface area contributed by atoms with Crippen molar-refractivity contribution >= 4 is 0 Å². The van der Waals surface area contributed by atoms with Gasteiger partial charge >= 0.3 is 0 Å². The maximum atomic E-state index is 3.83. The van der Waals surface area contributed by atoms with Crippen LogP contribution >= 0.6 is 0 Å². The van der Waals surface area contributed by atoms with E-state index in [0.29, 0.717) is 0 Å². The zero-order valence-corrected chi connectivity index (χ0v) is 42.5. The predicted molar refractivity (Wildman–Crippen MR) is 272 cm³/mol. The second kappa shape index (κ2) is 43.6. The van der Waals surface area contributed by atoms with Gasteiger partial charge < -0.3 is 5.32 Å². The number of rotatable bonds is 12. The van der Waals surface area contributed by atoms with E-state index < -0.39 is 0 Å². The minimum atomic E-state index is 0.769. The van der Waals surface area contributed by atoms with Gasteiger partial charge in [-0.2, -0.15) is 0 Å². The first-order chi connectivity index (χ1) is 27.7. The molecule has 3 rings (SSSR count). The lowest BCUT2D eigenvalue weighted by Gasteiger charge is -2.18. The monoisotopic (exact) mass is 800 g/mol. The van der Waals surface area contributed by atoms with Gasteiger partial charge in [0.2, 0.25) is 0 Å². The van der Waals surface area contributed by atoms with Crippen LogP contribution < -0.4 is 5.32 Å². The van der Waals surface area contributed by atoms with Gasteiger partial charge in [0.1, 0.15) is 0 Å². The van der Waals surface area contributed by atoms with Gasteiger partial charge in [0.25, 0.3) is 0 Å². The van der Waals surface area contributed by atoms with Crippen molar-refractivity contribution in [2.45, 2.75) is 209 Å². The lowest BCUT2D eigenvalue weighted by molar-refractivity contribution is 0.343. The fourth-order valence-corrected chi connectivity index (χ4v) is 5.96. The Morgan fingerprint density at radius 1 is 0.810 bits per heavy atom. The number of allylic oxidation sites excluding steroid dienone is 11. The topological polar surface area (TPSA) is 12.0 Å². The lowest BCUT2D eigenvalue weighted by Crippen LogP contribution is -2.12. The van der Waals surface area contributed by atoms with E-state index in [0.717, 1.165) is 54.7 Å². The molecule has 0 aliphatic heterocycles. The van der Waals surface area contributed by atoms with E-state index >= 15 is 0 Å². The summed E-state index contributed by atoms with van der Waals surface area (Å²) in [5, 5.41) is 3.42. The highest BCUT2D eigenvalue weighted by Gasteiger charge is 2.17. The van der Waals surface area contributed by atoms with Gasteiger partial charge in [0.15, 0.2) is 0 Å². The summed E-state index contributed by atoms with van der Waals surface area (Å²) >= 11 is 0. The molecule has 1 aromatic carbocycles. The molecule has 1 heteroatoms. The van der Waals surface area contributed by atoms with Crippen LogP contribution in [0.5, 0.6) is 0 Å². The number of hydrogen-bond donors (Lipinski definition) is 1. The summed E-state index contributed by atoms with van der Waals surface area (Å²) in [5.41, 5.74) is 12.9. The Labute approximate surface area is 366 Å². The van der Waals surface area contributed by atoms with Crippen molar-refractivity contribution in [3.63, 3.8) is 0 Å². The average molecular weight is 800 g/mol. The molecular weight excluding hydrogens is 699 g/mol. The zero-order chi connectivity index (χ0) is 45.3. The molecule has 0 fully saturated rings. The van der Waals surface area contributed by atoms with Crippen LogP contribution in [0, 0.1) is 43.4 Å². The first-order valence-electron chi connectivity index (χ1n) is 23.9. The van der Waals surface area contributed by atoms with Crippen LogP contribution in [-0.4, -0.2) is 0 Å². The molecule has 1 N–H and O–H groups in total. The Hall–Kier alpha value is -3.02. The quantitative estimate of drug-likeness (QED) is 0.126. The van der Waals surface area contributed by atoms with Crippen molar-refractivity contribution in [1.29, 1.82) is 0 Å². The van der Waals surface area contributed by atoms with Gasteiger partial charge in [0, 0.05) is 12.2 Å². The molecule has 0 saturated heterocycles. The van der Waals surface area contributed by atoms with Crippen molar-refractivity contribution in [3.05, 3.63) is 124 Å². The minimum absolute atomic E-state index is 0.769. The molecular formula is C57H101N. The molecule has 1 nitrogen and oxygen atoms in total. The molecule has 1 aromatic rings. The fraction of sp³-hybridized carbons (Fsp3) is 0.632. The number of aryl methyl sites for hydroxylation is 3. The molecule has 0 heterocycles. The van der Waals surface area contributed by atoms with E-state index in [2.05, 4.69) is 150 Å². The smallest absolute Gasteiger partial charge is 0.0403 e. The summed E-state index contributed by atoms with van der Waals surface area (Å²) in [4.78, 5) is 0. The Balaban J connectivity index is -0.000000327. The summed E-state index contributed by atoms with van der Waals surface area (Å²) in [5.74, 6) is 4.42. The van der Waals surface area contributed by atoms with Crippen LogP contribution in [0.4, 0.5) is 0 Å². The van der Waals surface area contributed by atoms with Crippen molar-refractivity contribution < 1.29 is 0 Å². The van der Waals surface area contributed by atoms with Gasteiger partial charge in [-0.05, 0) is 169 Å². The minimum Gasteiger partial charge on any atom is -0.381 e. The van der Waals surface area contributed by atoms with Crippen LogP contribution in [0.15, 0.2) is 102 Å². The van der Waals surface area contributed by atoms with E-state index in [1.54, 1.807) is 5.57 Å². The summed E-state index contributed by atoms with van der Waals surface area (Å²) < 4.78 is 0. The van der Waals surface area contributed by atoms with Crippen LogP contribution in [0.25, 0.3) is 0 Å². The van der Waals surface area contributed by atoms with Gasteiger partial charge in [-0.15, -0.1) is 5.73 Å². The molecule has 2 aliphatic carbocycles. The second-order valence-corrected chi connectivity index (χ2v) is 16.2. The standard InChI is InChI=1S/C18H25N.C13H24.C9H14.C8H14.C5H12.2C2H6/c1-6-9-10-18(8-3)19-13-17-12-14(4)16(7-2)11-15(17)5;1-10(2)12-6-5-7-13(9-8-12)11(3)4;1-2-9-7-5-3-4-6-8-9;1-4-6-7-8(3)5-2;1-4-5(2)3;2*1-2/h6,8-12,19H,3,7,13H2,1-2,4-5H3;6,10-11,13H,5,7-9H2,1-4H3;3,6,9H,2,5,7-8H2,1H3;4,6-7H,5H2,1-3H3;5H,4H2,1-3H3;2*1-2H3/b9-6-,18-10+;;;6-4-,8-7+;;;. The molecule has 2 aliphatic rings. The van der Waals surface area contributed by atoms with E-state index in [1.165, 1.54) is 85.6 Å². The molecule has 2 unspecified atom stereocenters. The van der Waals surface area contributed by atoms with Crippen LogP contribution in [0.1, 0.15) is 204 Å². The van der Waals surface area contributed by atoms with Gasteiger partial charge in [-0.25, -0.2) is 0 Å². The van der Waals surface area contributed by atoms with Crippen LogP contribution in [0.3, 0.4) is 0 Å². The van der Waals surface area contributed by atoms with Crippen molar-refractivity contribution in [2.24, 2.45) is 29.6 Å². The normalized spacial score (nSPS) is 16.3. The number of nitrogens with one attached hydrogen (secondary N) is 1. The third-order valence-electron chi connectivity index (χ3n) is 10.7. The zero-order valence-electron chi connectivity index (χ0n) is 42.5. The van der Waals surface area contributed by atoms with E-state index in [9.17, 15) is 0 Å². The Morgan fingerprint density at radius 3 is 1.86 bits per heavy atom. The molecule has 58 heavy (non-hydrogen) atoms. The molecule has 2 atom stereocenters. The van der Waals surface area contributed by atoms with Crippen molar-refractivity contribution in [1.82, 2.24) is 5.32 Å². The highest BCUT2D eigenvalue weighted by atomic mass is 14.9. The Kier molecular flexibility index (Phi) is 46.3. The predicted octanol–water partition coefficient (Wildman–Crippen LogP) is 18.9. The van der Waals surface area contributed by atoms with E-state index in [4.69, 9.17) is 0 Å². The molecule has 334 valence electrons. The highest BCUT2D eigenvalue weighted by Crippen LogP contribution is 2.31. The molecule has 0 amide bonds. The maximum Gasteiger partial charge on any atom is 0.0403 e. The van der Waals surface area contributed by atoms with Crippen LogP contribution in [-0.2, 0) is 13.0 Å². The number of hydrogen-bond acceptors (Lipinski definition) is 1. The van der Waals surface area contributed by atoms with Crippen molar-refractivity contribution in [3.8, 4) is 0 Å². The summed E-state index contributed by atoms with van der Waals surface area (Å²) in [6.07, 6.45) is 35.2. The maximum absolute atomic E-state index is 3.83. The van der Waals surface area contributed by atoms with Gasteiger partial charge in [-0.3, -0.25) is 0 Å². The van der Waals surface area contributed by atoms with Crippen molar-refractivity contribution in [2.75, 3.05) is 0 Å².